The Hall–Kier alpha value is -3.42. The van der Waals surface area contributed by atoms with Gasteiger partial charge in [0, 0.05) is 29.5 Å². The molecule has 5 rings (SSSR count). The van der Waals surface area contributed by atoms with Crippen molar-refractivity contribution >= 4 is 34.9 Å². The number of ether oxygens (including phenoxy) is 1. The number of aromatic nitrogens is 4. The first kappa shape index (κ1) is 21.4. The van der Waals surface area contributed by atoms with Gasteiger partial charge in [0.05, 0.1) is 30.4 Å². The molecule has 5 nitrogen and oxygen atoms in total. The lowest BCUT2D eigenvalue weighted by Crippen LogP contribution is -2.06. The van der Waals surface area contributed by atoms with E-state index in [2.05, 4.69) is 4.57 Å². The molecule has 0 N–H and O–H groups in total. The molecule has 0 saturated carbocycles. The zero-order valence-electron chi connectivity index (χ0n) is 18.0. The maximum Gasteiger partial charge on any atom is 0.185 e. The quantitative estimate of drug-likeness (QED) is 0.274. The Balaban J connectivity index is 1.71. The van der Waals surface area contributed by atoms with Gasteiger partial charge in [0.25, 0.3) is 0 Å². The van der Waals surface area contributed by atoms with E-state index >= 15 is 0 Å². The monoisotopic (exact) mass is 478 g/mol. The second kappa shape index (κ2) is 8.50. The number of hydrogen-bond donors (Lipinski definition) is 0. The molecule has 8 heteroatoms. The zero-order chi connectivity index (χ0) is 23.1. The van der Waals surface area contributed by atoms with Gasteiger partial charge in [-0.25, -0.2) is 9.37 Å². The van der Waals surface area contributed by atoms with Gasteiger partial charge in [-0.15, -0.1) is 0 Å². The van der Waals surface area contributed by atoms with Crippen molar-refractivity contribution in [1.82, 2.24) is 18.7 Å². The third-order valence-electron chi connectivity index (χ3n) is 5.67. The normalized spacial score (nSPS) is 11.3. The zero-order valence-corrected chi connectivity index (χ0v) is 19.6. The SMILES string of the molecule is COc1ccc(F)cc1-c1cn(Cc2nc3ccccc3n2C)c(=S)n1-c1ccc(Cl)cc1. The molecule has 0 fully saturated rings. The standard InChI is InChI=1S/C25H20ClFN4OS/c1-29-21-6-4-3-5-20(21)28-24(29)15-30-14-22(19-13-17(27)9-12-23(19)32-2)31(25(30)33)18-10-7-16(26)8-11-18/h3-14H,15H2,1-2H3. The molecule has 166 valence electrons. The van der Waals surface area contributed by atoms with E-state index in [1.165, 1.54) is 12.1 Å². The minimum absolute atomic E-state index is 0.359. The highest BCUT2D eigenvalue weighted by molar-refractivity contribution is 7.71. The van der Waals surface area contributed by atoms with E-state index in [0.717, 1.165) is 22.5 Å². The molecule has 0 atom stereocenters. The van der Waals surface area contributed by atoms with Crippen molar-refractivity contribution in [3.8, 4) is 22.7 Å². The molecule has 0 aliphatic rings. The van der Waals surface area contributed by atoms with E-state index in [0.29, 0.717) is 33.3 Å². The summed E-state index contributed by atoms with van der Waals surface area (Å²) in [4.78, 5) is 4.78. The molecule has 2 aromatic heterocycles. The lowest BCUT2D eigenvalue weighted by atomic mass is 10.1. The van der Waals surface area contributed by atoms with E-state index in [-0.39, 0.29) is 5.82 Å². The topological polar surface area (TPSA) is 36.9 Å². The number of halogens is 2. The van der Waals surface area contributed by atoms with Crippen molar-refractivity contribution in [1.29, 1.82) is 0 Å². The van der Waals surface area contributed by atoms with Crippen LogP contribution in [0.4, 0.5) is 4.39 Å². The van der Waals surface area contributed by atoms with Crippen molar-refractivity contribution in [2.45, 2.75) is 6.54 Å². The van der Waals surface area contributed by atoms with Crippen LogP contribution < -0.4 is 4.74 Å². The number of methoxy groups -OCH3 is 1. The lowest BCUT2D eigenvalue weighted by molar-refractivity contribution is 0.415. The molecule has 0 radical (unpaired) electrons. The Morgan fingerprint density at radius 2 is 1.82 bits per heavy atom. The van der Waals surface area contributed by atoms with Crippen LogP contribution in [0.5, 0.6) is 5.75 Å². The molecule has 0 bridgehead atoms. The highest BCUT2D eigenvalue weighted by Crippen LogP contribution is 2.34. The smallest absolute Gasteiger partial charge is 0.185 e. The van der Waals surface area contributed by atoms with E-state index in [4.69, 9.17) is 33.5 Å². The van der Waals surface area contributed by atoms with Crippen LogP contribution in [0.3, 0.4) is 0 Å². The number of aryl methyl sites for hydroxylation is 1. The molecule has 0 aliphatic heterocycles. The summed E-state index contributed by atoms with van der Waals surface area (Å²) in [6.07, 6.45) is 1.91. The van der Waals surface area contributed by atoms with Gasteiger partial charge in [0.15, 0.2) is 4.77 Å². The second-order valence-corrected chi connectivity index (χ2v) is 8.46. The fourth-order valence-electron chi connectivity index (χ4n) is 4.00. The maximum absolute atomic E-state index is 14.3. The number of fused-ring (bicyclic) bond motifs is 1. The number of nitrogens with zero attached hydrogens (tertiary/aromatic N) is 4. The van der Waals surface area contributed by atoms with Crippen molar-refractivity contribution in [3.63, 3.8) is 0 Å². The lowest BCUT2D eigenvalue weighted by Gasteiger charge is -2.12. The van der Waals surface area contributed by atoms with Gasteiger partial charge in [-0.1, -0.05) is 23.7 Å². The van der Waals surface area contributed by atoms with Crippen molar-refractivity contribution in [3.05, 3.63) is 94.4 Å². The fourth-order valence-corrected chi connectivity index (χ4v) is 4.45. The van der Waals surface area contributed by atoms with Gasteiger partial charge in [-0.2, -0.15) is 0 Å². The van der Waals surface area contributed by atoms with Crippen LogP contribution in [0.1, 0.15) is 5.82 Å². The van der Waals surface area contributed by atoms with Gasteiger partial charge < -0.3 is 13.9 Å². The Bertz CT molecular complexity index is 1530. The molecule has 0 unspecified atom stereocenters. The summed E-state index contributed by atoms with van der Waals surface area (Å²) in [5.41, 5.74) is 4.09. The molecule has 0 aliphatic carbocycles. The molecule has 0 amide bonds. The van der Waals surface area contributed by atoms with Gasteiger partial charge in [-0.05, 0) is 66.8 Å². The average molecular weight is 479 g/mol. The summed E-state index contributed by atoms with van der Waals surface area (Å²) < 4.78 is 26.2. The molecule has 33 heavy (non-hydrogen) atoms. The molecule has 5 aromatic rings. The first-order valence-corrected chi connectivity index (χ1v) is 11.1. The predicted molar refractivity (Wildman–Crippen MR) is 131 cm³/mol. The van der Waals surface area contributed by atoms with Crippen molar-refractivity contribution < 1.29 is 9.13 Å². The van der Waals surface area contributed by atoms with Crippen LogP contribution in [-0.2, 0) is 13.6 Å². The minimum Gasteiger partial charge on any atom is -0.496 e. The van der Waals surface area contributed by atoms with Crippen LogP contribution in [0.25, 0.3) is 28.0 Å². The van der Waals surface area contributed by atoms with Crippen LogP contribution in [0.2, 0.25) is 5.02 Å². The Morgan fingerprint density at radius 3 is 2.55 bits per heavy atom. The summed E-state index contributed by atoms with van der Waals surface area (Å²) in [5.74, 6) is 1.05. The summed E-state index contributed by atoms with van der Waals surface area (Å²) >= 11 is 12.0. The highest BCUT2D eigenvalue weighted by Gasteiger charge is 2.18. The van der Waals surface area contributed by atoms with Gasteiger partial charge in [0.2, 0.25) is 0 Å². The molecule has 0 spiro atoms. The van der Waals surface area contributed by atoms with E-state index < -0.39 is 0 Å². The molecule has 0 saturated heterocycles. The summed E-state index contributed by atoms with van der Waals surface area (Å²) in [6, 6.07) is 19.8. The molecule has 2 heterocycles. The Morgan fingerprint density at radius 1 is 1.06 bits per heavy atom. The summed E-state index contributed by atoms with van der Waals surface area (Å²) in [7, 11) is 3.55. The summed E-state index contributed by atoms with van der Waals surface area (Å²) in [6.45, 7) is 0.454. The van der Waals surface area contributed by atoms with Gasteiger partial charge >= 0.3 is 0 Å². The molecular formula is C25H20ClFN4OS. The minimum atomic E-state index is -0.359. The highest BCUT2D eigenvalue weighted by atomic mass is 35.5. The van der Waals surface area contributed by atoms with E-state index in [1.807, 2.05) is 58.8 Å². The van der Waals surface area contributed by atoms with Crippen LogP contribution in [0.15, 0.2) is 72.9 Å². The van der Waals surface area contributed by atoms with Crippen molar-refractivity contribution in [2.24, 2.45) is 7.05 Å². The Labute approximate surface area is 200 Å². The third-order valence-corrected chi connectivity index (χ3v) is 6.34. The maximum atomic E-state index is 14.3. The first-order chi connectivity index (χ1) is 16.0. The number of para-hydroxylation sites is 2. The van der Waals surface area contributed by atoms with Crippen molar-refractivity contribution in [2.75, 3.05) is 7.11 Å². The third kappa shape index (κ3) is 3.83. The Kier molecular flexibility index (Phi) is 5.52. The summed E-state index contributed by atoms with van der Waals surface area (Å²) in [5, 5.41) is 0.620. The fraction of sp³-hybridized carbons (Fsp3) is 0.120. The van der Waals surface area contributed by atoms with Crippen LogP contribution in [0, 0.1) is 10.6 Å². The van der Waals surface area contributed by atoms with Crippen LogP contribution in [-0.4, -0.2) is 25.8 Å². The first-order valence-electron chi connectivity index (χ1n) is 10.3. The van der Waals surface area contributed by atoms with E-state index in [1.54, 1.807) is 25.3 Å². The van der Waals surface area contributed by atoms with Gasteiger partial charge in [-0.3, -0.25) is 4.57 Å². The largest absolute Gasteiger partial charge is 0.496 e. The number of rotatable bonds is 5. The van der Waals surface area contributed by atoms with Crippen LogP contribution >= 0.6 is 23.8 Å². The number of hydrogen-bond acceptors (Lipinski definition) is 3. The second-order valence-electron chi connectivity index (χ2n) is 7.66. The number of benzene rings is 3. The number of imidazole rings is 2. The average Bonchev–Trinajstić information content (AvgIpc) is 3.31. The molecular weight excluding hydrogens is 459 g/mol. The van der Waals surface area contributed by atoms with E-state index in [9.17, 15) is 4.39 Å². The molecule has 3 aromatic carbocycles. The predicted octanol–water partition coefficient (Wildman–Crippen LogP) is 6.41. The van der Waals surface area contributed by atoms with Gasteiger partial charge in [0.1, 0.15) is 17.4 Å².